The second-order valence-electron chi connectivity index (χ2n) is 6.72. The lowest BCUT2D eigenvalue weighted by atomic mass is 9.97. The van der Waals surface area contributed by atoms with Crippen LogP contribution in [0.15, 0.2) is 47.1 Å². The molecule has 3 rings (SSSR count). The Bertz CT molecular complexity index is 838. The second kappa shape index (κ2) is 8.05. The first-order valence-corrected chi connectivity index (χ1v) is 10.4. The molecule has 1 N–H and O–H groups in total. The topological polar surface area (TPSA) is 79.6 Å². The molecule has 6 nitrogen and oxygen atoms in total. The van der Waals surface area contributed by atoms with Crippen LogP contribution in [-0.4, -0.2) is 31.7 Å². The maximum atomic E-state index is 12.6. The number of carbonyl (C=O) groups is 1. The van der Waals surface area contributed by atoms with Gasteiger partial charge in [0.2, 0.25) is 15.9 Å². The fraction of sp³-hybridized carbons (Fsp3) is 0.421. The third-order valence-corrected chi connectivity index (χ3v) is 6.52. The Morgan fingerprint density at radius 1 is 1.23 bits per heavy atom. The number of furan rings is 1. The third kappa shape index (κ3) is 4.74. The molecule has 0 saturated carbocycles. The Hall–Kier alpha value is -2.12. The van der Waals surface area contributed by atoms with E-state index in [1.807, 2.05) is 31.2 Å². The van der Waals surface area contributed by atoms with Gasteiger partial charge in [0.1, 0.15) is 5.76 Å². The van der Waals surface area contributed by atoms with Crippen LogP contribution >= 0.6 is 0 Å². The predicted molar refractivity (Wildman–Crippen MR) is 98.7 cm³/mol. The van der Waals surface area contributed by atoms with E-state index < -0.39 is 10.0 Å². The Kier molecular flexibility index (Phi) is 5.78. The lowest BCUT2D eigenvalue weighted by molar-refractivity contribution is -0.126. The zero-order valence-corrected chi connectivity index (χ0v) is 15.7. The van der Waals surface area contributed by atoms with Crippen molar-refractivity contribution in [3.05, 3.63) is 59.5 Å². The van der Waals surface area contributed by atoms with E-state index in [4.69, 9.17) is 4.42 Å². The monoisotopic (exact) mass is 376 g/mol. The molecule has 1 amide bonds. The number of carbonyl (C=O) groups excluding carboxylic acids is 1. The molecule has 2 heterocycles. The molecule has 0 spiro atoms. The molecule has 140 valence electrons. The molecule has 7 heteroatoms. The average Bonchev–Trinajstić information content (AvgIpc) is 3.13. The molecule has 2 aromatic rings. The molecular weight excluding hydrogens is 352 g/mol. The number of piperidine rings is 1. The van der Waals surface area contributed by atoms with Gasteiger partial charge in [0.05, 0.1) is 18.6 Å². The SMILES string of the molecule is Cc1cccc(CS(=O)(=O)N2CCC(C(=O)NCc3ccco3)CC2)c1. The van der Waals surface area contributed by atoms with Crippen LogP contribution in [0.1, 0.15) is 29.7 Å². The fourth-order valence-electron chi connectivity index (χ4n) is 3.23. The molecular formula is C19H24N2O4S. The normalized spacial score (nSPS) is 16.5. The Morgan fingerprint density at radius 3 is 2.65 bits per heavy atom. The predicted octanol–water partition coefficient (Wildman–Crippen LogP) is 2.45. The zero-order chi connectivity index (χ0) is 18.6. The fourth-order valence-corrected chi connectivity index (χ4v) is 4.78. The molecule has 0 bridgehead atoms. The molecule has 1 aromatic heterocycles. The van der Waals surface area contributed by atoms with E-state index in [9.17, 15) is 13.2 Å². The maximum absolute atomic E-state index is 12.6. The number of amides is 1. The maximum Gasteiger partial charge on any atom is 0.223 e. The lowest BCUT2D eigenvalue weighted by Gasteiger charge is -2.30. The Labute approximate surface area is 154 Å². The van der Waals surface area contributed by atoms with Gasteiger partial charge >= 0.3 is 0 Å². The van der Waals surface area contributed by atoms with E-state index in [2.05, 4.69) is 5.32 Å². The number of benzene rings is 1. The highest BCUT2D eigenvalue weighted by Gasteiger charge is 2.31. The summed E-state index contributed by atoms with van der Waals surface area (Å²) in [4.78, 5) is 12.3. The van der Waals surface area contributed by atoms with Crippen LogP contribution in [0.3, 0.4) is 0 Å². The number of hydrogen-bond donors (Lipinski definition) is 1. The number of nitrogens with one attached hydrogen (secondary N) is 1. The quantitative estimate of drug-likeness (QED) is 0.840. The first kappa shape index (κ1) is 18.7. The minimum Gasteiger partial charge on any atom is -0.467 e. The van der Waals surface area contributed by atoms with Crippen molar-refractivity contribution in [1.82, 2.24) is 9.62 Å². The van der Waals surface area contributed by atoms with Crippen LogP contribution in [0.4, 0.5) is 0 Å². The molecule has 0 radical (unpaired) electrons. The van der Waals surface area contributed by atoms with Crippen molar-refractivity contribution < 1.29 is 17.6 Å². The summed E-state index contributed by atoms with van der Waals surface area (Å²) in [5, 5.41) is 2.85. The smallest absolute Gasteiger partial charge is 0.223 e. The van der Waals surface area contributed by atoms with Crippen molar-refractivity contribution in [3.8, 4) is 0 Å². The molecule has 1 aliphatic rings. The first-order chi connectivity index (χ1) is 12.4. The Balaban J connectivity index is 1.51. The first-order valence-electron chi connectivity index (χ1n) is 8.77. The van der Waals surface area contributed by atoms with Crippen molar-refractivity contribution in [1.29, 1.82) is 0 Å². The van der Waals surface area contributed by atoms with E-state index >= 15 is 0 Å². The van der Waals surface area contributed by atoms with E-state index in [-0.39, 0.29) is 17.6 Å². The van der Waals surface area contributed by atoms with Crippen LogP contribution in [0.5, 0.6) is 0 Å². The largest absolute Gasteiger partial charge is 0.467 e. The summed E-state index contributed by atoms with van der Waals surface area (Å²) >= 11 is 0. The van der Waals surface area contributed by atoms with Gasteiger partial charge in [-0.1, -0.05) is 29.8 Å². The van der Waals surface area contributed by atoms with Crippen molar-refractivity contribution in [3.63, 3.8) is 0 Å². The Morgan fingerprint density at radius 2 is 2.00 bits per heavy atom. The van der Waals surface area contributed by atoms with E-state index in [1.165, 1.54) is 4.31 Å². The van der Waals surface area contributed by atoms with Gasteiger partial charge in [-0.05, 0) is 37.5 Å². The molecule has 1 aromatic carbocycles. The second-order valence-corrected chi connectivity index (χ2v) is 8.68. The molecule has 0 atom stereocenters. The molecule has 1 saturated heterocycles. The zero-order valence-electron chi connectivity index (χ0n) is 14.8. The summed E-state index contributed by atoms with van der Waals surface area (Å²) in [7, 11) is -3.36. The highest BCUT2D eigenvalue weighted by atomic mass is 32.2. The van der Waals surface area contributed by atoms with Crippen LogP contribution in [0.25, 0.3) is 0 Å². The summed E-state index contributed by atoms with van der Waals surface area (Å²) in [6.45, 7) is 3.07. The standard InChI is InChI=1S/C19H24N2O4S/c1-15-4-2-5-16(12-15)14-26(23,24)21-9-7-17(8-10-21)19(22)20-13-18-6-3-11-25-18/h2-6,11-12,17H,7-10,13-14H2,1H3,(H,20,22). The highest BCUT2D eigenvalue weighted by Crippen LogP contribution is 2.22. The van der Waals surface area contributed by atoms with Gasteiger partial charge in [-0.25, -0.2) is 12.7 Å². The lowest BCUT2D eigenvalue weighted by Crippen LogP contribution is -2.43. The van der Waals surface area contributed by atoms with Crippen LogP contribution in [0.2, 0.25) is 0 Å². The number of nitrogens with zero attached hydrogens (tertiary/aromatic N) is 1. The minimum absolute atomic E-state index is 0.00400. The average molecular weight is 376 g/mol. The molecule has 1 fully saturated rings. The van der Waals surface area contributed by atoms with Gasteiger partial charge in [0.25, 0.3) is 0 Å². The van der Waals surface area contributed by atoms with Crippen molar-refractivity contribution in [2.75, 3.05) is 13.1 Å². The summed E-state index contributed by atoms with van der Waals surface area (Å²) in [6.07, 6.45) is 2.65. The van der Waals surface area contributed by atoms with Gasteiger partial charge in [-0.15, -0.1) is 0 Å². The van der Waals surface area contributed by atoms with Crippen molar-refractivity contribution in [2.45, 2.75) is 32.1 Å². The van der Waals surface area contributed by atoms with Crippen LogP contribution < -0.4 is 5.32 Å². The van der Waals surface area contributed by atoms with Gasteiger partial charge in [-0.2, -0.15) is 0 Å². The van der Waals surface area contributed by atoms with E-state index in [0.717, 1.165) is 11.1 Å². The number of aryl methyl sites for hydroxylation is 1. The highest BCUT2D eigenvalue weighted by molar-refractivity contribution is 7.88. The van der Waals surface area contributed by atoms with E-state index in [1.54, 1.807) is 18.4 Å². The molecule has 26 heavy (non-hydrogen) atoms. The van der Waals surface area contributed by atoms with Gasteiger partial charge in [-0.3, -0.25) is 4.79 Å². The summed E-state index contributed by atoms with van der Waals surface area (Å²) in [6, 6.07) is 11.1. The van der Waals surface area contributed by atoms with Gasteiger partial charge < -0.3 is 9.73 Å². The molecule has 0 unspecified atom stereocenters. The summed E-state index contributed by atoms with van der Waals surface area (Å²) < 4.78 is 32.0. The van der Waals surface area contributed by atoms with Crippen LogP contribution in [0, 0.1) is 12.8 Å². The molecule has 0 aliphatic carbocycles. The van der Waals surface area contributed by atoms with Gasteiger partial charge in [0, 0.05) is 19.0 Å². The minimum atomic E-state index is -3.36. The summed E-state index contributed by atoms with van der Waals surface area (Å²) in [5.41, 5.74) is 1.84. The van der Waals surface area contributed by atoms with E-state index in [0.29, 0.717) is 38.2 Å². The van der Waals surface area contributed by atoms with Crippen molar-refractivity contribution in [2.24, 2.45) is 5.92 Å². The number of hydrogen-bond acceptors (Lipinski definition) is 4. The van der Waals surface area contributed by atoms with Gasteiger partial charge in [0.15, 0.2) is 0 Å². The number of rotatable bonds is 6. The summed E-state index contributed by atoms with van der Waals surface area (Å²) in [5.74, 6) is 0.508. The molecule has 1 aliphatic heterocycles. The van der Waals surface area contributed by atoms with Crippen LogP contribution in [-0.2, 0) is 27.1 Å². The third-order valence-electron chi connectivity index (χ3n) is 4.67. The number of sulfonamides is 1. The van der Waals surface area contributed by atoms with Crippen molar-refractivity contribution >= 4 is 15.9 Å².